The average Bonchev–Trinajstić information content (AvgIpc) is 3.14. The Morgan fingerprint density at radius 2 is 1.88 bits per heavy atom. The van der Waals surface area contributed by atoms with Gasteiger partial charge < -0.3 is 5.32 Å². The topological polar surface area (TPSA) is 72.4 Å². The third-order valence-corrected chi connectivity index (χ3v) is 4.80. The number of hydrogen-bond donors (Lipinski definition) is 1. The van der Waals surface area contributed by atoms with Crippen molar-refractivity contribution in [3.63, 3.8) is 0 Å². The quantitative estimate of drug-likeness (QED) is 0.611. The van der Waals surface area contributed by atoms with Crippen LogP contribution < -0.4 is 5.32 Å². The van der Waals surface area contributed by atoms with Crippen LogP contribution in [-0.4, -0.2) is 42.3 Å². The summed E-state index contributed by atoms with van der Waals surface area (Å²) in [6.07, 6.45) is 4.41. The van der Waals surface area contributed by atoms with Crippen LogP contribution in [0.2, 0.25) is 0 Å². The zero-order valence-electron chi connectivity index (χ0n) is 14.6. The molecular formula is C18H18FN7. The highest BCUT2D eigenvalue weighted by Crippen LogP contribution is 2.23. The van der Waals surface area contributed by atoms with E-state index in [-0.39, 0.29) is 5.65 Å². The summed E-state index contributed by atoms with van der Waals surface area (Å²) < 4.78 is 17.9. The normalized spacial score (nSPS) is 15.0. The van der Waals surface area contributed by atoms with Gasteiger partial charge in [-0.3, -0.25) is 0 Å². The molecule has 1 N–H and O–H groups in total. The molecule has 0 saturated carbocycles. The van der Waals surface area contributed by atoms with E-state index in [0.29, 0.717) is 23.0 Å². The Bertz CT molecular complexity index is 1140. The fourth-order valence-corrected chi connectivity index (χ4v) is 3.35. The van der Waals surface area contributed by atoms with Crippen LogP contribution in [-0.2, 0) is 6.42 Å². The lowest BCUT2D eigenvalue weighted by Crippen LogP contribution is -2.43. The van der Waals surface area contributed by atoms with Crippen LogP contribution in [0.5, 0.6) is 0 Å². The first-order chi connectivity index (χ1) is 12.6. The first-order valence-corrected chi connectivity index (χ1v) is 8.66. The summed E-state index contributed by atoms with van der Waals surface area (Å²) in [4.78, 5) is 8.81. The van der Waals surface area contributed by atoms with Crippen LogP contribution in [0.15, 0.2) is 24.5 Å². The summed E-state index contributed by atoms with van der Waals surface area (Å²) in [6.45, 7) is 5.84. The largest absolute Gasteiger partial charge is 0.316 e. The van der Waals surface area contributed by atoms with Gasteiger partial charge in [-0.05, 0) is 50.6 Å². The van der Waals surface area contributed by atoms with Crippen molar-refractivity contribution in [1.82, 2.24) is 34.5 Å². The predicted octanol–water partition coefficient (Wildman–Crippen LogP) is 1.96. The molecule has 5 heterocycles. The van der Waals surface area contributed by atoms with Crippen molar-refractivity contribution in [3.05, 3.63) is 47.4 Å². The molecule has 132 valence electrons. The van der Waals surface area contributed by atoms with E-state index >= 15 is 0 Å². The van der Waals surface area contributed by atoms with Crippen LogP contribution in [0.25, 0.3) is 22.6 Å². The van der Waals surface area contributed by atoms with E-state index in [1.807, 2.05) is 26.1 Å². The number of nitrogens with one attached hydrogen (secondary N) is 1. The summed E-state index contributed by atoms with van der Waals surface area (Å²) in [5.41, 5.74) is 4.28. The molecule has 0 aliphatic carbocycles. The molecule has 0 spiro atoms. The second-order valence-electron chi connectivity index (χ2n) is 6.96. The van der Waals surface area contributed by atoms with E-state index in [4.69, 9.17) is 0 Å². The molecule has 0 amide bonds. The highest BCUT2D eigenvalue weighted by molar-refractivity contribution is 5.64. The molecule has 4 aromatic rings. The lowest BCUT2D eigenvalue weighted by atomic mass is 9.99. The van der Waals surface area contributed by atoms with Crippen molar-refractivity contribution in [3.8, 4) is 11.3 Å². The van der Waals surface area contributed by atoms with Gasteiger partial charge in [0, 0.05) is 18.2 Å². The number of aryl methyl sites for hydroxylation is 2. The van der Waals surface area contributed by atoms with Crippen LogP contribution in [0, 0.1) is 25.6 Å². The predicted molar refractivity (Wildman–Crippen MR) is 94.5 cm³/mol. The molecule has 0 atom stereocenters. The molecule has 0 unspecified atom stereocenters. The van der Waals surface area contributed by atoms with E-state index in [1.165, 1.54) is 10.6 Å². The van der Waals surface area contributed by atoms with Crippen LogP contribution in [0.1, 0.15) is 17.1 Å². The van der Waals surface area contributed by atoms with Gasteiger partial charge in [0.05, 0.1) is 17.6 Å². The van der Waals surface area contributed by atoms with Gasteiger partial charge >= 0.3 is 0 Å². The van der Waals surface area contributed by atoms with Gasteiger partial charge in [-0.2, -0.15) is 10.2 Å². The molecular weight excluding hydrogens is 333 g/mol. The average molecular weight is 351 g/mol. The van der Waals surface area contributed by atoms with E-state index in [9.17, 15) is 4.39 Å². The van der Waals surface area contributed by atoms with Gasteiger partial charge in [-0.25, -0.2) is 23.4 Å². The number of halogens is 1. The Kier molecular flexibility index (Phi) is 3.30. The fourth-order valence-electron chi connectivity index (χ4n) is 3.35. The Labute approximate surface area is 148 Å². The van der Waals surface area contributed by atoms with Crippen molar-refractivity contribution in [1.29, 1.82) is 0 Å². The summed E-state index contributed by atoms with van der Waals surface area (Å²) in [5.74, 6) is 0.817. The summed E-state index contributed by atoms with van der Waals surface area (Å²) >= 11 is 0. The maximum absolute atomic E-state index is 14.6. The van der Waals surface area contributed by atoms with E-state index in [0.717, 1.165) is 36.4 Å². The van der Waals surface area contributed by atoms with Gasteiger partial charge in [0.15, 0.2) is 22.9 Å². The van der Waals surface area contributed by atoms with Crippen LogP contribution in [0.4, 0.5) is 4.39 Å². The van der Waals surface area contributed by atoms with Gasteiger partial charge in [0.1, 0.15) is 0 Å². The molecule has 1 saturated heterocycles. The zero-order valence-corrected chi connectivity index (χ0v) is 14.6. The minimum Gasteiger partial charge on any atom is -0.316 e. The third-order valence-electron chi connectivity index (χ3n) is 4.80. The van der Waals surface area contributed by atoms with Crippen molar-refractivity contribution in [2.24, 2.45) is 5.92 Å². The first-order valence-electron chi connectivity index (χ1n) is 8.66. The Hall–Kier alpha value is -2.87. The zero-order chi connectivity index (χ0) is 17.8. The lowest BCUT2D eigenvalue weighted by Gasteiger charge is -2.25. The summed E-state index contributed by atoms with van der Waals surface area (Å²) in [7, 11) is 0. The molecule has 0 radical (unpaired) electrons. The lowest BCUT2D eigenvalue weighted by molar-refractivity contribution is 0.341. The summed E-state index contributed by atoms with van der Waals surface area (Å²) in [6, 6.07) is 3.39. The highest BCUT2D eigenvalue weighted by Gasteiger charge is 2.20. The number of hydrogen-bond acceptors (Lipinski definition) is 5. The number of pyridine rings is 1. The number of nitrogens with zero attached hydrogens (tertiary/aromatic N) is 6. The molecule has 0 bridgehead atoms. The monoisotopic (exact) mass is 351 g/mol. The standard InChI is InChI=1S/C18H18FN7/c1-10-3-15(23-25-8-11(2)21-17(10)25)13-5-14(19)18-22-16(24-26(18)9-13)4-12-6-20-7-12/h3,5,8-9,12,20H,4,6-7H2,1-2H3. The van der Waals surface area contributed by atoms with E-state index < -0.39 is 5.82 Å². The maximum Gasteiger partial charge on any atom is 0.191 e. The second kappa shape index (κ2) is 5.57. The van der Waals surface area contributed by atoms with Gasteiger partial charge in [0.25, 0.3) is 0 Å². The minimum absolute atomic E-state index is 0.257. The van der Waals surface area contributed by atoms with Gasteiger partial charge in [0.2, 0.25) is 0 Å². The SMILES string of the molecule is Cc1cn2nc(-c3cc(F)c4nc(CC5CNC5)nn4c3)cc(C)c2n1. The fraction of sp³-hybridized carbons (Fsp3) is 0.333. The van der Waals surface area contributed by atoms with Crippen LogP contribution in [0.3, 0.4) is 0 Å². The first kappa shape index (κ1) is 15.4. The van der Waals surface area contributed by atoms with E-state index in [1.54, 1.807) is 10.7 Å². The number of fused-ring (bicyclic) bond motifs is 2. The molecule has 1 fully saturated rings. The Morgan fingerprint density at radius 1 is 1.08 bits per heavy atom. The molecule has 1 aliphatic rings. The number of imidazole rings is 1. The third kappa shape index (κ3) is 2.45. The van der Waals surface area contributed by atoms with Gasteiger partial charge in [-0.15, -0.1) is 0 Å². The van der Waals surface area contributed by atoms with Gasteiger partial charge in [-0.1, -0.05) is 0 Å². The molecule has 5 rings (SSSR count). The summed E-state index contributed by atoms with van der Waals surface area (Å²) in [5, 5.41) is 12.3. The number of rotatable bonds is 3. The van der Waals surface area contributed by atoms with Crippen molar-refractivity contribution in [2.45, 2.75) is 20.3 Å². The van der Waals surface area contributed by atoms with Crippen molar-refractivity contribution >= 4 is 11.3 Å². The second-order valence-corrected chi connectivity index (χ2v) is 6.96. The molecule has 26 heavy (non-hydrogen) atoms. The Morgan fingerprint density at radius 3 is 2.65 bits per heavy atom. The number of aromatic nitrogens is 6. The molecule has 1 aliphatic heterocycles. The van der Waals surface area contributed by atoms with Crippen molar-refractivity contribution < 1.29 is 4.39 Å². The van der Waals surface area contributed by atoms with Crippen LogP contribution >= 0.6 is 0 Å². The smallest absolute Gasteiger partial charge is 0.191 e. The molecule has 4 aromatic heterocycles. The minimum atomic E-state index is -0.394. The van der Waals surface area contributed by atoms with E-state index in [2.05, 4.69) is 25.5 Å². The van der Waals surface area contributed by atoms with Crippen molar-refractivity contribution in [2.75, 3.05) is 13.1 Å². The highest BCUT2D eigenvalue weighted by atomic mass is 19.1. The molecule has 8 heteroatoms. The molecule has 0 aromatic carbocycles. The molecule has 7 nitrogen and oxygen atoms in total. The maximum atomic E-state index is 14.6. The Balaban J connectivity index is 1.60.